The first-order chi connectivity index (χ1) is 4.43. The van der Waals surface area contributed by atoms with Gasteiger partial charge in [-0.15, -0.1) is 0 Å². The van der Waals surface area contributed by atoms with Crippen LogP contribution in [0.15, 0.2) is 0 Å². The molecule has 0 bridgehead atoms. The quantitative estimate of drug-likeness (QED) is 0.627. The van der Waals surface area contributed by atoms with Gasteiger partial charge in [-0.25, -0.2) is 0 Å². The van der Waals surface area contributed by atoms with E-state index in [-0.39, 0.29) is 0 Å². The Bertz CT molecular complexity index is 151. The van der Waals surface area contributed by atoms with Crippen LogP contribution >= 0.6 is 24.2 Å². The summed E-state index contributed by atoms with van der Waals surface area (Å²) in [6, 6.07) is 0. The van der Waals surface area contributed by atoms with Gasteiger partial charge >= 0.3 is 0 Å². The highest BCUT2D eigenvalue weighted by molar-refractivity contribution is 7.80. The van der Waals surface area contributed by atoms with E-state index in [4.69, 9.17) is 0 Å². The van der Waals surface area contributed by atoms with Crippen LogP contribution in [0.4, 0.5) is 5.13 Å². The molecule has 0 saturated heterocycles. The Hall–Kier alpha value is -0.360. The number of nitrogens with zero attached hydrogens (tertiary/aromatic N) is 3. The summed E-state index contributed by atoms with van der Waals surface area (Å²) < 4.78 is 3.57. The largest absolute Gasteiger partial charge is 0.358 e. The summed E-state index contributed by atoms with van der Waals surface area (Å²) in [4.78, 5) is 0. The van der Waals surface area contributed by atoms with Crippen LogP contribution in [-0.4, -0.2) is 27.1 Å². The summed E-state index contributed by atoms with van der Waals surface area (Å²) >= 11 is 5.25. The fourth-order valence-electron chi connectivity index (χ4n) is 0.365. The van der Waals surface area contributed by atoms with Crippen molar-refractivity contribution >= 4 is 29.3 Å². The molecule has 1 aromatic heterocycles. The molecule has 0 aromatic carbocycles. The smallest absolute Gasteiger partial charge is 0.225 e. The molecule has 0 aliphatic carbocycles. The SMILES string of the molecule is SCCNc1nnns1. The molecule has 6 heteroatoms. The van der Waals surface area contributed by atoms with Gasteiger partial charge in [0.25, 0.3) is 0 Å². The van der Waals surface area contributed by atoms with Crippen molar-refractivity contribution in [2.45, 2.75) is 0 Å². The normalized spacial score (nSPS) is 9.44. The Morgan fingerprint density at radius 3 is 3.11 bits per heavy atom. The average molecular weight is 162 g/mol. The molecule has 9 heavy (non-hydrogen) atoms. The molecule has 0 saturated carbocycles. The Balaban J connectivity index is 2.30. The highest BCUT2D eigenvalue weighted by Gasteiger charge is 1.91. The molecule has 0 radical (unpaired) electrons. The summed E-state index contributed by atoms with van der Waals surface area (Å²) in [6.45, 7) is 0.806. The van der Waals surface area contributed by atoms with Crippen LogP contribution in [0.3, 0.4) is 0 Å². The van der Waals surface area contributed by atoms with Crippen LogP contribution in [0.2, 0.25) is 0 Å². The molecule has 0 fully saturated rings. The number of nitrogens with one attached hydrogen (secondary N) is 1. The van der Waals surface area contributed by atoms with Gasteiger partial charge in [0.05, 0.1) is 0 Å². The van der Waals surface area contributed by atoms with Crippen LogP contribution in [0.1, 0.15) is 0 Å². The van der Waals surface area contributed by atoms with Crippen molar-refractivity contribution in [2.24, 2.45) is 0 Å². The third-order valence-corrected chi connectivity index (χ3v) is 1.46. The van der Waals surface area contributed by atoms with Gasteiger partial charge in [0.1, 0.15) is 0 Å². The Morgan fingerprint density at radius 2 is 2.56 bits per heavy atom. The molecule has 1 heterocycles. The van der Waals surface area contributed by atoms with E-state index < -0.39 is 0 Å². The van der Waals surface area contributed by atoms with Gasteiger partial charge in [-0.2, -0.15) is 12.6 Å². The van der Waals surface area contributed by atoms with E-state index >= 15 is 0 Å². The van der Waals surface area contributed by atoms with Crippen molar-refractivity contribution in [3.05, 3.63) is 0 Å². The fourth-order valence-corrected chi connectivity index (χ4v) is 0.866. The van der Waals surface area contributed by atoms with Gasteiger partial charge in [-0.3, -0.25) is 0 Å². The fraction of sp³-hybridized carbons (Fsp3) is 0.667. The predicted octanol–water partition coefficient (Wildman–Crippen LogP) is 0.275. The molecular weight excluding hydrogens is 156 g/mol. The molecule has 0 aliphatic rings. The van der Waals surface area contributed by atoms with Crippen molar-refractivity contribution in [1.82, 2.24) is 14.8 Å². The maximum absolute atomic E-state index is 4.01. The third kappa shape index (κ3) is 2.15. The summed E-state index contributed by atoms with van der Waals surface area (Å²) in [5.74, 6) is 0.791. The van der Waals surface area contributed by atoms with Crippen LogP contribution in [-0.2, 0) is 0 Å². The van der Waals surface area contributed by atoms with Crippen LogP contribution in [0.25, 0.3) is 0 Å². The second kappa shape index (κ2) is 3.62. The van der Waals surface area contributed by atoms with E-state index in [1.807, 2.05) is 0 Å². The van der Waals surface area contributed by atoms with Crippen LogP contribution in [0.5, 0.6) is 0 Å². The summed E-state index contributed by atoms with van der Waals surface area (Å²) in [5.41, 5.74) is 0. The minimum absolute atomic E-state index is 0.754. The van der Waals surface area contributed by atoms with Gasteiger partial charge < -0.3 is 5.32 Å². The zero-order valence-electron chi connectivity index (χ0n) is 4.61. The van der Waals surface area contributed by atoms with Gasteiger partial charge in [0, 0.05) is 23.8 Å². The summed E-state index contributed by atoms with van der Waals surface area (Å²) in [5, 5.41) is 10.8. The molecular formula is C3H6N4S2. The molecule has 1 aromatic rings. The Labute approximate surface area is 62.2 Å². The molecule has 1 rings (SSSR count). The van der Waals surface area contributed by atoms with Crippen molar-refractivity contribution in [1.29, 1.82) is 0 Å². The minimum Gasteiger partial charge on any atom is -0.358 e. The number of rotatable bonds is 3. The van der Waals surface area contributed by atoms with E-state index in [9.17, 15) is 0 Å². The van der Waals surface area contributed by atoms with Gasteiger partial charge in [0.15, 0.2) is 0 Å². The van der Waals surface area contributed by atoms with E-state index in [2.05, 4.69) is 32.7 Å². The highest BCUT2D eigenvalue weighted by Crippen LogP contribution is 2.02. The lowest BCUT2D eigenvalue weighted by molar-refractivity contribution is 0.955. The first kappa shape index (κ1) is 6.76. The van der Waals surface area contributed by atoms with Crippen molar-refractivity contribution in [2.75, 3.05) is 17.6 Å². The molecule has 0 aliphatic heterocycles. The molecule has 0 atom stereocenters. The molecule has 0 unspecified atom stereocenters. The van der Waals surface area contributed by atoms with Crippen LogP contribution < -0.4 is 5.32 Å². The molecule has 4 nitrogen and oxygen atoms in total. The summed E-state index contributed by atoms with van der Waals surface area (Å²) in [7, 11) is 0. The lowest BCUT2D eigenvalue weighted by Gasteiger charge is -1.93. The lowest BCUT2D eigenvalue weighted by Crippen LogP contribution is -2.01. The first-order valence-corrected chi connectivity index (χ1v) is 3.84. The Kier molecular flexibility index (Phi) is 2.72. The molecule has 1 N–H and O–H groups in total. The highest BCUT2D eigenvalue weighted by atomic mass is 32.1. The number of aromatic nitrogens is 3. The van der Waals surface area contributed by atoms with Crippen molar-refractivity contribution in [3.8, 4) is 0 Å². The molecule has 0 spiro atoms. The standard InChI is InChI=1S/C3H6N4S2/c8-2-1-4-3-5-6-7-9-3/h8H,1-2H2,(H,4,5,7). The predicted molar refractivity (Wildman–Crippen MR) is 40.0 cm³/mol. The number of hydrogen-bond acceptors (Lipinski definition) is 6. The average Bonchev–Trinajstić information content (AvgIpc) is 2.34. The minimum atomic E-state index is 0.754. The first-order valence-electron chi connectivity index (χ1n) is 2.43. The number of thiol groups is 1. The maximum atomic E-state index is 4.01. The van der Waals surface area contributed by atoms with Crippen molar-refractivity contribution in [3.63, 3.8) is 0 Å². The second-order valence-corrected chi connectivity index (χ2v) is 2.50. The monoisotopic (exact) mass is 162 g/mol. The maximum Gasteiger partial charge on any atom is 0.225 e. The summed E-state index contributed by atoms with van der Waals surface area (Å²) in [6.07, 6.45) is 0. The zero-order chi connectivity index (χ0) is 6.53. The molecule has 0 amide bonds. The Morgan fingerprint density at radius 1 is 1.67 bits per heavy atom. The van der Waals surface area contributed by atoms with Gasteiger partial charge in [-0.1, -0.05) is 9.59 Å². The van der Waals surface area contributed by atoms with E-state index in [0.717, 1.165) is 17.4 Å². The second-order valence-electron chi connectivity index (χ2n) is 1.32. The van der Waals surface area contributed by atoms with E-state index in [1.165, 1.54) is 11.5 Å². The number of anilines is 1. The van der Waals surface area contributed by atoms with Gasteiger partial charge in [-0.05, 0) is 5.21 Å². The van der Waals surface area contributed by atoms with E-state index in [0.29, 0.717) is 0 Å². The topological polar surface area (TPSA) is 50.7 Å². The van der Waals surface area contributed by atoms with Crippen molar-refractivity contribution < 1.29 is 0 Å². The zero-order valence-corrected chi connectivity index (χ0v) is 6.32. The number of hydrogen-bond donors (Lipinski definition) is 2. The lowest BCUT2D eigenvalue weighted by atomic mass is 10.7. The van der Waals surface area contributed by atoms with Crippen LogP contribution in [0, 0.1) is 0 Å². The third-order valence-electron chi connectivity index (χ3n) is 0.687. The van der Waals surface area contributed by atoms with Gasteiger partial charge in [0.2, 0.25) is 5.13 Å². The molecule has 50 valence electrons. The van der Waals surface area contributed by atoms with E-state index in [1.54, 1.807) is 0 Å².